The van der Waals surface area contributed by atoms with Crippen molar-refractivity contribution in [2.75, 3.05) is 0 Å². The highest BCUT2D eigenvalue weighted by molar-refractivity contribution is 6.30. The first-order valence-electron chi connectivity index (χ1n) is 8.88. The summed E-state index contributed by atoms with van der Waals surface area (Å²) < 4.78 is 20.2. The third kappa shape index (κ3) is 3.18. The number of amidine groups is 1. The van der Waals surface area contributed by atoms with Gasteiger partial charge in [-0.3, -0.25) is 9.78 Å². The third-order valence-electron chi connectivity index (χ3n) is 5.34. The molecular weight excluding hydrogens is 369 g/mol. The molecule has 2 N–H and O–H groups in total. The van der Waals surface area contributed by atoms with Crippen molar-refractivity contribution in [1.82, 2.24) is 4.98 Å². The van der Waals surface area contributed by atoms with Crippen LogP contribution in [0.2, 0.25) is 5.02 Å². The van der Waals surface area contributed by atoms with Crippen molar-refractivity contribution in [1.29, 1.82) is 0 Å². The highest BCUT2D eigenvalue weighted by Crippen LogP contribution is 2.55. The van der Waals surface area contributed by atoms with E-state index < -0.39 is 5.54 Å². The molecule has 1 fully saturated rings. The fourth-order valence-electron chi connectivity index (χ4n) is 3.89. The molecule has 7 heteroatoms. The molecule has 1 aliphatic carbocycles. The zero-order valence-electron chi connectivity index (χ0n) is 14.8. The summed E-state index contributed by atoms with van der Waals surface area (Å²) in [6, 6.07) is 8.04. The number of aliphatic imine (C=N–C) groups is 1. The zero-order valence-corrected chi connectivity index (χ0v) is 15.5. The Morgan fingerprint density at radius 2 is 2.22 bits per heavy atom. The zero-order chi connectivity index (χ0) is 19.2. The molecule has 2 aromatic rings. The summed E-state index contributed by atoms with van der Waals surface area (Å²) >= 11 is 5.81. The Bertz CT molecular complexity index is 931. The van der Waals surface area contributed by atoms with Crippen molar-refractivity contribution in [3.63, 3.8) is 0 Å². The maximum absolute atomic E-state index is 14.7. The summed E-state index contributed by atoms with van der Waals surface area (Å²) in [4.78, 5) is 21.1. The second kappa shape index (κ2) is 6.60. The molecule has 0 bridgehead atoms. The molecule has 1 aromatic carbocycles. The number of fused-ring (bicyclic) bond motifs is 1. The lowest BCUT2D eigenvalue weighted by atomic mass is 9.81. The van der Waals surface area contributed by atoms with Gasteiger partial charge in [0.05, 0.1) is 5.02 Å². The number of rotatable bonds is 5. The second-order valence-corrected chi connectivity index (χ2v) is 7.44. The maximum Gasteiger partial charge on any atom is 0.283 e. The van der Waals surface area contributed by atoms with Crippen molar-refractivity contribution in [3.8, 4) is 0 Å². The highest BCUT2D eigenvalue weighted by Gasteiger charge is 2.58. The van der Waals surface area contributed by atoms with Gasteiger partial charge in [-0.25, -0.2) is 9.38 Å². The summed E-state index contributed by atoms with van der Waals surface area (Å²) in [5, 5.41) is 0.467. The van der Waals surface area contributed by atoms with Crippen LogP contribution in [0.1, 0.15) is 41.4 Å². The fraction of sp³-hybridized carbons (Fsp3) is 0.350. The van der Waals surface area contributed by atoms with E-state index in [9.17, 15) is 9.18 Å². The molecule has 0 saturated heterocycles. The van der Waals surface area contributed by atoms with Gasteiger partial charge in [-0.1, -0.05) is 24.6 Å². The molecular formula is C20H19ClFN3O2. The summed E-state index contributed by atoms with van der Waals surface area (Å²) in [7, 11) is 0. The normalized spacial score (nSPS) is 26.0. The lowest BCUT2D eigenvalue weighted by molar-refractivity contribution is 0.0988. The fourth-order valence-corrected chi connectivity index (χ4v) is 4.00. The van der Waals surface area contributed by atoms with Gasteiger partial charge >= 0.3 is 0 Å². The quantitative estimate of drug-likeness (QED) is 0.794. The predicted molar refractivity (Wildman–Crippen MR) is 100 cm³/mol. The number of carbonyl (C=O) groups is 1. The summed E-state index contributed by atoms with van der Waals surface area (Å²) in [5.74, 6) is -0.399. The Morgan fingerprint density at radius 1 is 1.41 bits per heavy atom. The number of hydrogen-bond donors (Lipinski definition) is 1. The van der Waals surface area contributed by atoms with Gasteiger partial charge in [-0.2, -0.15) is 0 Å². The lowest BCUT2D eigenvalue weighted by Crippen LogP contribution is -2.37. The first kappa shape index (κ1) is 17.9. The van der Waals surface area contributed by atoms with Gasteiger partial charge in [0.1, 0.15) is 23.2 Å². The predicted octanol–water partition coefficient (Wildman–Crippen LogP) is 3.64. The number of hydrogen-bond acceptors (Lipinski definition) is 5. The number of nitrogens with two attached hydrogens (primary N) is 1. The van der Waals surface area contributed by atoms with E-state index in [0.717, 1.165) is 6.42 Å². The van der Waals surface area contributed by atoms with Crippen LogP contribution in [0.25, 0.3) is 0 Å². The number of Topliss-reactive ketones (excluding diaryl/α,β-unsaturated/α-hetero) is 1. The molecule has 0 unspecified atom stereocenters. The topological polar surface area (TPSA) is 77.6 Å². The maximum atomic E-state index is 14.7. The van der Waals surface area contributed by atoms with Crippen LogP contribution in [0.15, 0.2) is 41.5 Å². The molecule has 1 aliphatic heterocycles. The van der Waals surface area contributed by atoms with E-state index in [0.29, 0.717) is 28.3 Å². The molecule has 2 heterocycles. The minimum absolute atomic E-state index is 0.00888. The number of nitrogens with zero attached hydrogens (tertiary/aromatic N) is 2. The molecule has 0 amide bonds. The Labute approximate surface area is 161 Å². The average molecular weight is 388 g/mol. The van der Waals surface area contributed by atoms with Gasteiger partial charge in [0.2, 0.25) is 0 Å². The molecule has 0 spiro atoms. The number of carbonyl (C=O) groups excluding carboxylic acids is 1. The van der Waals surface area contributed by atoms with Gasteiger partial charge < -0.3 is 10.5 Å². The van der Waals surface area contributed by atoms with Crippen molar-refractivity contribution in [2.45, 2.75) is 37.8 Å². The third-order valence-corrected chi connectivity index (χ3v) is 5.56. The van der Waals surface area contributed by atoms with Crippen molar-refractivity contribution in [3.05, 3.63) is 64.2 Å². The van der Waals surface area contributed by atoms with E-state index in [1.807, 2.05) is 6.92 Å². The van der Waals surface area contributed by atoms with Gasteiger partial charge in [-0.15, -0.1) is 0 Å². The Hall–Kier alpha value is -2.47. The van der Waals surface area contributed by atoms with E-state index in [2.05, 4.69) is 9.98 Å². The standard InChI is InChI=1S/C20H19ClFN3O2/c1-2-20(14-9-18(14)27-19(23)25-20)13-7-11(3-5-15(13)22)8-17(26)16-6-4-12(21)10-24-16/h3-7,10,14,18H,2,8-9H2,1H3,(H2,23,25)/t14-,18+,20+/m0/s1. The number of halogens is 2. The van der Waals surface area contributed by atoms with Crippen LogP contribution in [0, 0.1) is 11.7 Å². The van der Waals surface area contributed by atoms with Crippen molar-refractivity contribution >= 4 is 23.4 Å². The first-order chi connectivity index (χ1) is 12.9. The molecule has 1 aromatic heterocycles. The molecule has 27 heavy (non-hydrogen) atoms. The molecule has 3 atom stereocenters. The summed E-state index contributed by atoms with van der Waals surface area (Å²) in [5.41, 5.74) is 6.59. The second-order valence-electron chi connectivity index (χ2n) is 7.00. The van der Waals surface area contributed by atoms with Gasteiger partial charge in [0, 0.05) is 24.1 Å². The van der Waals surface area contributed by atoms with E-state index in [-0.39, 0.29) is 36.1 Å². The SMILES string of the molecule is CC[C@]1(c2cc(CC(=O)c3ccc(Cl)cn3)ccc2F)N=C(N)O[C@@H]2C[C@@H]21. The molecule has 2 aliphatic rings. The van der Waals surface area contributed by atoms with Crippen LogP contribution < -0.4 is 5.73 Å². The number of aromatic nitrogens is 1. The first-order valence-corrected chi connectivity index (χ1v) is 9.26. The number of pyridine rings is 1. The average Bonchev–Trinajstić information content (AvgIpc) is 3.43. The Kier molecular flexibility index (Phi) is 4.38. The number of benzene rings is 1. The molecule has 140 valence electrons. The molecule has 4 rings (SSSR count). The van der Waals surface area contributed by atoms with Crippen LogP contribution in [-0.4, -0.2) is 22.9 Å². The van der Waals surface area contributed by atoms with Crippen LogP contribution in [0.5, 0.6) is 0 Å². The van der Waals surface area contributed by atoms with E-state index in [1.165, 1.54) is 12.3 Å². The van der Waals surface area contributed by atoms with Crippen LogP contribution in [0.4, 0.5) is 4.39 Å². The number of ether oxygens (including phenoxy) is 1. The molecule has 0 radical (unpaired) electrons. The van der Waals surface area contributed by atoms with E-state index in [1.54, 1.807) is 24.3 Å². The minimum atomic E-state index is -0.741. The summed E-state index contributed by atoms with van der Waals surface area (Å²) in [6.45, 7) is 1.96. The van der Waals surface area contributed by atoms with Gasteiger partial charge in [0.15, 0.2) is 5.78 Å². The Morgan fingerprint density at radius 3 is 2.93 bits per heavy atom. The van der Waals surface area contributed by atoms with Crippen molar-refractivity contribution < 1.29 is 13.9 Å². The van der Waals surface area contributed by atoms with Crippen LogP contribution >= 0.6 is 11.6 Å². The minimum Gasteiger partial charge on any atom is -0.462 e. The van der Waals surface area contributed by atoms with Crippen LogP contribution in [0.3, 0.4) is 0 Å². The molecule has 5 nitrogen and oxygen atoms in total. The van der Waals surface area contributed by atoms with E-state index >= 15 is 0 Å². The summed E-state index contributed by atoms with van der Waals surface area (Å²) in [6.07, 6.45) is 2.95. The lowest BCUT2D eigenvalue weighted by Gasteiger charge is -2.33. The monoisotopic (exact) mass is 387 g/mol. The van der Waals surface area contributed by atoms with Gasteiger partial charge in [-0.05, 0) is 42.7 Å². The van der Waals surface area contributed by atoms with E-state index in [4.69, 9.17) is 22.1 Å². The van der Waals surface area contributed by atoms with Gasteiger partial charge in [0.25, 0.3) is 6.02 Å². The number of ketones is 1. The van der Waals surface area contributed by atoms with Crippen molar-refractivity contribution in [2.24, 2.45) is 16.6 Å². The molecule has 1 saturated carbocycles. The smallest absolute Gasteiger partial charge is 0.283 e. The Balaban J connectivity index is 1.66. The largest absolute Gasteiger partial charge is 0.462 e. The highest BCUT2D eigenvalue weighted by atomic mass is 35.5. The van der Waals surface area contributed by atoms with Crippen LogP contribution in [-0.2, 0) is 16.7 Å².